The lowest BCUT2D eigenvalue weighted by molar-refractivity contribution is -0.179. The molecule has 4 rings (SSSR count). The molecule has 0 aromatic heterocycles. The molecular formula is C23H31ClO6. The molecule has 3 saturated carbocycles. The maximum atomic E-state index is 12.9. The van der Waals surface area contributed by atoms with Crippen molar-refractivity contribution in [1.82, 2.24) is 0 Å². The number of hydrogen-bond acceptors (Lipinski definition) is 6. The average molecular weight is 439 g/mol. The first-order valence-electron chi connectivity index (χ1n) is 10.9. The summed E-state index contributed by atoms with van der Waals surface area (Å²) in [5, 5.41) is 22.9. The molecule has 3 fully saturated rings. The van der Waals surface area contributed by atoms with E-state index in [0.717, 1.165) is 12.0 Å². The van der Waals surface area contributed by atoms with Crippen molar-refractivity contribution in [2.45, 2.75) is 82.3 Å². The third-order valence-corrected chi connectivity index (χ3v) is 10.0. The van der Waals surface area contributed by atoms with E-state index in [4.69, 9.17) is 16.3 Å². The van der Waals surface area contributed by atoms with Crippen LogP contribution in [-0.4, -0.2) is 50.9 Å². The van der Waals surface area contributed by atoms with Gasteiger partial charge in [0.15, 0.2) is 12.4 Å². The Morgan fingerprint density at radius 2 is 1.90 bits per heavy atom. The van der Waals surface area contributed by atoms with Gasteiger partial charge in [-0.25, -0.2) is 0 Å². The molecule has 0 bridgehead atoms. The van der Waals surface area contributed by atoms with E-state index >= 15 is 0 Å². The zero-order chi connectivity index (χ0) is 22.1. The van der Waals surface area contributed by atoms with E-state index < -0.39 is 45.8 Å². The standard InChI is InChI=1S/C23H31ClO6/c1-13(25)30-12-19(28)22(29)9-7-16-17-5-4-14-10-15(26)6-8-20(14,2)23(17,24)18(27)11-21(16,22)3/h10,16-18,27,29H,4-9,11-12H2,1-3H3. The van der Waals surface area contributed by atoms with Crippen LogP contribution in [0.5, 0.6) is 0 Å². The van der Waals surface area contributed by atoms with Crippen molar-refractivity contribution >= 4 is 29.1 Å². The monoisotopic (exact) mass is 438 g/mol. The molecule has 6 nitrogen and oxygen atoms in total. The van der Waals surface area contributed by atoms with Crippen molar-refractivity contribution in [3.63, 3.8) is 0 Å². The highest BCUT2D eigenvalue weighted by Gasteiger charge is 2.73. The number of ether oxygens (including phenoxy) is 1. The lowest BCUT2D eigenvalue weighted by Gasteiger charge is -2.64. The highest BCUT2D eigenvalue weighted by molar-refractivity contribution is 6.26. The van der Waals surface area contributed by atoms with Crippen LogP contribution in [-0.2, 0) is 19.1 Å². The number of ketones is 2. The predicted octanol–water partition coefficient (Wildman–Crippen LogP) is 2.71. The van der Waals surface area contributed by atoms with Gasteiger partial charge in [0.2, 0.25) is 5.78 Å². The maximum absolute atomic E-state index is 12.9. The Labute approximate surface area is 182 Å². The molecule has 0 aromatic carbocycles. The Morgan fingerprint density at radius 3 is 2.57 bits per heavy atom. The number of carbonyl (C=O) groups is 3. The molecule has 0 saturated heterocycles. The molecule has 0 aromatic rings. The SMILES string of the molecule is CC(=O)OCC(=O)C1(O)CCC2C3CCC4=CC(=O)CCC4(C)C3(Cl)C(O)CC21C. The van der Waals surface area contributed by atoms with Gasteiger partial charge in [-0.05, 0) is 56.4 Å². The van der Waals surface area contributed by atoms with E-state index in [9.17, 15) is 24.6 Å². The number of alkyl halides is 1. The van der Waals surface area contributed by atoms with E-state index in [0.29, 0.717) is 25.7 Å². The first kappa shape index (κ1) is 22.0. The van der Waals surface area contributed by atoms with Crippen LogP contribution in [0.4, 0.5) is 0 Å². The summed E-state index contributed by atoms with van der Waals surface area (Å²) < 4.78 is 4.88. The van der Waals surface area contributed by atoms with Gasteiger partial charge >= 0.3 is 5.97 Å². The van der Waals surface area contributed by atoms with Crippen LogP contribution in [0.15, 0.2) is 11.6 Å². The Morgan fingerprint density at radius 1 is 1.20 bits per heavy atom. The third-order valence-electron chi connectivity index (χ3n) is 9.06. The van der Waals surface area contributed by atoms with Gasteiger partial charge in [-0.3, -0.25) is 14.4 Å². The van der Waals surface area contributed by atoms with Crippen LogP contribution in [0.25, 0.3) is 0 Å². The minimum Gasteiger partial charge on any atom is -0.458 e. The molecule has 7 heteroatoms. The Bertz CT molecular complexity index is 838. The smallest absolute Gasteiger partial charge is 0.303 e. The van der Waals surface area contributed by atoms with Crippen molar-refractivity contribution in [3.05, 3.63) is 11.6 Å². The minimum absolute atomic E-state index is 0.0410. The molecule has 0 radical (unpaired) electrons. The summed E-state index contributed by atoms with van der Waals surface area (Å²) in [5.41, 5.74) is -1.98. The largest absolute Gasteiger partial charge is 0.458 e. The van der Waals surface area contributed by atoms with Gasteiger partial charge in [0, 0.05) is 24.2 Å². The van der Waals surface area contributed by atoms with Gasteiger partial charge in [0.25, 0.3) is 0 Å². The van der Waals surface area contributed by atoms with Crippen molar-refractivity contribution in [3.8, 4) is 0 Å². The molecule has 2 N–H and O–H groups in total. The number of rotatable bonds is 3. The van der Waals surface area contributed by atoms with Crippen LogP contribution >= 0.6 is 11.6 Å². The molecule has 30 heavy (non-hydrogen) atoms. The molecule has 4 aliphatic rings. The zero-order valence-corrected chi connectivity index (χ0v) is 18.6. The second kappa shape index (κ2) is 6.88. The van der Waals surface area contributed by atoms with Gasteiger partial charge in [-0.2, -0.15) is 0 Å². The van der Waals surface area contributed by atoms with E-state index in [1.807, 2.05) is 6.92 Å². The number of fused-ring (bicyclic) bond motifs is 5. The molecule has 166 valence electrons. The van der Waals surface area contributed by atoms with E-state index in [1.54, 1.807) is 6.08 Å². The lowest BCUT2D eigenvalue weighted by atomic mass is 9.45. The molecule has 0 heterocycles. The van der Waals surface area contributed by atoms with E-state index in [-0.39, 0.29) is 30.5 Å². The van der Waals surface area contributed by atoms with Gasteiger partial charge < -0.3 is 14.9 Å². The van der Waals surface area contributed by atoms with Crippen LogP contribution in [0.2, 0.25) is 0 Å². The van der Waals surface area contributed by atoms with Gasteiger partial charge in [-0.1, -0.05) is 19.4 Å². The first-order valence-corrected chi connectivity index (χ1v) is 11.3. The zero-order valence-electron chi connectivity index (χ0n) is 17.9. The third kappa shape index (κ3) is 2.66. The number of esters is 1. The van der Waals surface area contributed by atoms with Crippen LogP contribution in [0.3, 0.4) is 0 Å². The lowest BCUT2D eigenvalue weighted by Crippen LogP contribution is -2.69. The number of hydrogen-bond donors (Lipinski definition) is 2. The van der Waals surface area contributed by atoms with Crippen molar-refractivity contribution in [2.75, 3.05) is 6.61 Å². The second-order valence-electron chi connectivity index (χ2n) is 10.2. The van der Waals surface area contributed by atoms with Crippen LogP contribution < -0.4 is 0 Å². The first-order chi connectivity index (χ1) is 13.9. The fourth-order valence-corrected chi connectivity index (χ4v) is 7.87. The number of allylic oxidation sites excluding steroid dienone is 1. The molecule has 7 unspecified atom stereocenters. The Balaban J connectivity index is 1.71. The highest BCUT2D eigenvalue weighted by atomic mass is 35.5. The highest BCUT2D eigenvalue weighted by Crippen LogP contribution is 2.71. The second-order valence-corrected chi connectivity index (χ2v) is 10.9. The molecular weight excluding hydrogens is 408 g/mol. The molecule has 0 amide bonds. The quantitative estimate of drug-likeness (QED) is 0.519. The molecule has 7 atom stereocenters. The van der Waals surface area contributed by atoms with Crippen molar-refractivity contribution in [2.24, 2.45) is 22.7 Å². The van der Waals surface area contributed by atoms with Crippen molar-refractivity contribution in [1.29, 1.82) is 0 Å². The Kier molecular flexibility index (Phi) is 5.04. The van der Waals surface area contributed by atoms with Crippen LogP contribution in [0, 0.1) is 22.7 Å². The fraction of sp³-hybridized carbons (Fsp3) is 0.783. The fourth-order valence-electron chi connectivity index (χ4n) is 7.32. The maximum Gasteiger partial charge on any atom is 0.303 e. The molecule has 4 aliphatic carbocycles. The van der Waals surface area contributed by atoms with Gasteiger partial charge in [0.1, 0.15) is 5.60 Å². The summed E-state index contributed by atoms with van der Waals surface area (Å²) in [5.74, 6) is -1.09. The summed E-state index contributed by atoms with van der Waals surface area (Å²) in [6.45, 7) is 4.69. The topological polar surface area (TPSA) is 101 Å². The number of aliphatic hydroxyl groups is 2. The summed E-state index contributed by atoms with van der Waals surface area (Å²) in [6.07, 6.45) is 4.34. The van der Waals surface area contributed by atoms with E-state index in [2.05, 4.69) is 6.92 Å². The summed E-state index contributed by atoms with van der Waals surface area (Å²) >= 11 is 7.36. The van der Waals surface area contributed by atoms with Gasteiger partial charge in [0.05, 0.1) is 11.0 Å². The predicted molar refractivity (Wildman–Crippen MR) is 110 cm³/mol. The Hall–Kier alpha value is -1.24. The number of halogens is 1. The normalized spacial score (nSPS) is 47.6. The van der Waals surface area contributed by atoms with E-state index in [1.165, 1.54) is 6.92 Å². The number of carbonyl (C=O) groups excluding carboxylic acids is 3. The van der Waals surface area contributed by atoms with Crippen molar-refractivity contribution < 1.29 is 29.3 Å². The summed E-state index contributed by atoms with van der Waals surface area (Å²) in [7, 11) is 0. The molecule has 0 spiro atoms. The number of Topliss-reactive ketones (excluding diaryl/α,β-unsaturated/α-hetero) is 1. The minimum atomic E-state index is -1.66. The average Bonchev–Trinajstić information content (AvgIpc) is 2.94. The summed E-state index contributed by atoms with van der Waals surface area (Å²) in [6, 6.07) is 0. The summed E-state index contributed by atoms with van der Waals surface area (Å²) in [4.78, 5) is 35.2. The van der Waals surface area contributed by atoms with Crippen LogP contribution in [0.1, 0.15) is 65.7 Å². The number of aliphatic hydroxyl groups excluding tert-OH is 1. The molecule has 0 aliphatic heterocycles. The van der Waals surface area contributed by atoms with Gasteiger partial charge in [-0.15, -0.1) is 11.6 Å².